The standard InChI is InChI=1S/C48H64O4Si2/c1-47(2,3)53(41-19-11-7-12-20-41,42-21-13-8-14-22-42)51-33-39-29-35-27-37-31-45(49)46(50)32-38(37)28-36(35)30-40(39)34-52-54(48(4,5)6,43-23-15-9-16-24-43)44-25-17-10-18-26-44/h7-26,35-40,45-46,49-50H,27-34H2,1-6H3/t35-,36+,37-,38+,39-,40-,45+,46+/m1/s1. The normalized spacial score (nSPS) is 27.9. The third-order valence-electron chi connectivity index (χ3n) is 13.8. The van der Waals surface area contributed by atoms with Gasteiger partial charge in [0.05, 0.1) is 12.2 Å². The van der Waals surface area contributed by atoms with Crippen LogP contribution in [-0.2, 0) is 8.85 Å². The van der Waals surface area contributed by atoms with E-state index in [-0.39, 0.29) is 10.1 Å². The summed E-state index contributed by atoms with van der Waals surface area (Å²) in [5, 5.41) is 26.5. The Hall–Kier alpha value is -2.85. The second-order valence-corrected chi connectivity index (χ2v) is 27.7. The van der Waals surface area contributed by atoms with Crippen LogP contribution in [-0.4, -0.2) is 52.3 Å². The molecule has 3 saturated carbocycles. The molecule has 4 aromatic carbocycles. The molecule has 4 nitrogen and oxygen atoms in total. The van der Waals surface area contributed by atoms with E-state index in [1.54, 1.807) is 0 Å². The molecule has 3 aliphatic carbocycles. The zero-order valence-electron chi connectivity index (χ0n) is 33.5. The summed E-state index contributed by atoms with van der Waals surface area (Å²) in [5.74, 6) is 2.89. The average Bonchev–Trinajstić information content (AvgIpc) is 3.16. The number of hydrogen-bond donors (Lipinski definition) is 2. The highest BCUT2D eigenvalue weighted by molar-refractivity contribution is 7.00. The molecule has 3 fully saturated rings. The van der Waals surface area contributed by atoms with E-state index in [9.17, 15) is 10.2 Å². The van der Waals surface area contributed by atoms with E-state index in [0.717, 1.165) is 38.5 Å². The highest BCUT2D eigenvalue weighted by Crippen LogP contribution is 2.53. The van der Waals surface area contributed by atoms with Crippen LogP contribution in [0.25, 0.3) is 0 Å². The zero-order valence-corrected chi connectivity index (χ0v) is 35.5. The predicted molar refractivity (Wildman–Crippen MR) is 228 cm³/mol. The molecule has 288 valence electrons. The molecular formula is C48H64O4Si2. The van der Waals surface area contributed by atoms with Crippen molar-refractivity contribution in [1.82, 2.24) is 0 Å². The zero-order chi connectivity index (χ0) is 38.1. The van der Waals surface area contributed by atoms with Crippen molar-refractivity contribution in [3.8, 4) is 0 Å². The maximum atomic E-state index is 10.7. The van der Waals surface area contributed by atoms with Crippen LogP contribution in [0.3, 0.4) is 0 Å². The first-order valence-electron chi connectivity index (χ1n) is 20.7. The van der Waals surface area contributed by atoms with Gasteiger partial charge in [-0.15, -0.1) is 0 Å². The fourth-order valence-electron chi connectivity index (χ4n) is 11.2. The van der Waals surface area contributed by atoms with Crippen LogP contribution < -0.4 is 20.7 Å². The Bertz CT molecular complexity index is 1560. The smallest absolute Gasteiger partial charge is 0.261 e. The summed E-state index contributed by atoms with van der Waals surface area (Å²) >= 11 is 0. The van der Waals surface area contributed by atoms with Gasteiger partial charge < -0.3 is 19.1 Å². The first-order chi connectivity index (χ1) is 25.8. The van der Waals surface area contributed by atoms with Crippen molar-refractivity contribution >= 4 is 37.4 Å². The minimum Gasteiger partial charge on any atom is -0.407 e. The number of rotatable bonds is 10. The SMILES string of the molecule is CC(C)(C)[Si](OC[C@H]1C[C@H]2C[C@@H]3C[C@H](O)[C@@H](O)C[C@@H]3C[C@H]2C[C@@H]1CO[Si](c1ccccc1)(c1ccccc1)C(C)(C)C)(c1ccccc1)c1ccccc1. The van der Waals surface area contributed by atoms with Gasteiger partial charge in [0.1, 0.15) is 0 Å². The molecule has 0 saturated heterocycles. The summed E-state index contributed by atoms with van der Waals surface area (Å²) in [6, 6.07) is 44.3. The van der Waals surface area contributed by atoms with Gasteiger partial charge in [-0.25, -0.2) is 0 Å². The van der Waals surface area contributed by atoms with Gasteiger partial charge >= 0.3 is 0 Å². The lowest BCUT2D eigenvalue weighted by Gasteiger charge is -2.52. The summed E-state index contributed by atoms with van der Waals surface area (Å²) in [6.07, 6.45) is 4.84. The van der Waals surface area contributed by atoms with Crippen LogP contribution in [0.1, 0.15) is 80.1 Å². The highest BCUT2D eigenvalue weighted by Gasteiger charge is 2.54. The van der Waals surface area contributed by atoms with E-state index >= 15 is 0 Å². The minimum absolute atomic E-state index is 0.0923. The summed E-state index contributed by atoms with van der Waals surface area (Å²) in [7, 11) is -5.48. The van der Waals surface area contributed by atoms with Crippen LogP contribution in [0.4, 0.5) is 0 Å². The molecule has 8 atom stereocenters. The average molecular weight is 761 g/mol. The fraction of sp³-hybridized carbons (Fsp3) is 0.500. The first kappa shape index (κ1) is 39.4. The van der Waals surface area contributed by atoms with E-state index in [0.29, 0.717) is 48.7 Å². The maximum Gasteiger partial charge on any atom is 0.261 e. The molecule has 0 aliphatic heterocycles. The maximum absolute atomic E-state index is 10.7. The molecule has 6 heteroatoms. The molecule has 0 amide bonds. The van der Waals surface area contributed by atoms with E-state index in [1.165, 1.54) is 20.7 Å². The van der Waals surface area contributed by atoms with Crippen molar-refractivity contribution in [2.24, 2.45) is 35.5 Å². The van der Waals surface area contributed by atoms with Gasteiger partial charge in [0.25, 0.3) is 16.6 Å². The van der Waals surface area contributed by atoms with Gasteiger partial charge in [-0.2, -0.15) is 0 Å². The third-order valence-corrected chi connectivity index (χ3v) is 23.8. The van der Waals surface area contributed by atoms with Gasteiger partial charge in [0, 0.05) is 13.2 Å². The van der Waals surface area contributed by atoms with Crippen molar-refractivity contribution in [3.05, 3.63) is 121 Å². The van der Waals surface area contributed by atoms with Crippen LogP contribution >= 0.6 is 0 Å². The Morgan fingerprint density at radius 2 is 0.685 bits per heavy atom. The molecule has 3 aliphatic rings. The van der Waals surface area contributed by atoms with E-state index in [4.69, 9.17) is 8.85 Å². The van der Waals surface area contributed by atoms with Crippen LogP contribution in [0.2, 0.25) is 10.1 Å². The lowest BCUT2D eigenvalue weighted by Crippen LogP contribution is -2.67. The first-order valence-corrected chi connectivity index (χ1v) is 24.5. The third kappa shape index (κ3) is 7.51. The van der Waals surface area contributed by atoms with Crippen molar-refractivity contribution in [2.45, 2.75) is 102 Å². The van der Waals surface area contributed by atoms with Gasteiger partial charge in [0.2, 0.25) is 0 Å². The quantitative estimate of drug-likeness (QED) is 0.161. The van der Waals surface area contributed by atoms with Crippen LogP contribution in [0, 0.1) is 35.5 Å². The largest absolute Gasteiger partial charge is 0.407 e. The molecule has 0 bridgehead atoms. The Kier molecular flexibility index (Phi) is 11.6. The Morgan fingerprint density at radius 3 is 0.944 bits per heavy atom. The summed E-state index contributed by atoms with van der Waals surface area (Å²) in [6.45, 7) is 15.7. The summed E-state index contributed by atoms with van der Waals surface area (Å²) in [5.41, 5.74) is 0. The second kappa shape index (κ2) is 16.0. The fourth-order valence-corrected chi connectivity index (χ4v) is 20.4. The van der Waals surface area contributed by atoms with Crippen molar-refractivity contribution in [2.75, 3.05) is 13.2 Å². The monoisotopic (exact) mass is 760 g/mol. The predicted octanol–water partition coefficient (Wildman–Crippen LogP) is 7.94. The lowest BCUT2D eigenvalue weighted by molar-refractivity contribution is -0.0863. The van der Waals surface area contributed by atoms with Gasteiger partial charge in [-0.05, 0) is 105 Å². The Morgan fingerprint density at radius 1 is 0.426 bits per heavy atom. The molecule has 0 heterocycles. The topological polar surface area (TPSA) is 58.9 Å². The molecule has 54 heavy (non-hydrogen) atoms. The van der Waals surface area contributed by atoms with Gasteiger partial charge in [-0.3, -0.25) is 0 Å². The van der Waals surface area contributed by atoms with Crippen molar-refractivity contribution < 1.29 is 19.1 Å². The number of aliphatic hydroxyl groups excluding tert-OH is 2. The minimum atomic E-state index is -2.74. The molecular weight excluding hydrogens is 697 g/mol. The Labute approximate surface area is 327 Å². The summed E-state index contributed by atoms with van der Waals surface area (Å²) < 4.78 is 15.5. The number of hydrogen-bond acceptors (Lipinski definition) is 4. The molecule has 7 rings (SSSR count). The molecule has 0 unspecified atom stereocenters. The van der Waals surface area contributed by atoms with Gasteiger partial charge in [0.15, 0.2) is 0 Å². The van der Waals surface area contributed by atoms with Crippen molar-refractivity contribution in [3.63, 3.8) is 0 Å². The van der Waals surface area contributed by atoms with Gasteiger partial charge in [-0.1, -0.05) is 163 Å². The number of aliphatic hydroxyl groups is 2. The van der Waals surface area contributed by atoms with Crippen LogP contribution in [0.5, 0.6) is 0 Å². The molecule has 2 N–H and O–H groups in total. The molecule has 0 radical (unpaired) electrons. The second-order valence-electron chi connectivity index (χ2n) is 19.1. The highest BCUT2D eigenvalue weighted by atomic mass is 28.4. The van der Waals surface area contributed by atoms with E-state index in [2.05, 4.69) is 163 Å². The number of fused-ring (bicyclic) bond motifs is 2. The van der Waals surface area contributed by atoms with E-state index < -0.39 is 28.8 Å². The number of benzene rings is 4. The molecule has 0 aromatic heterocycles. The van der Waals surface area contributed by atoms with E-state index in [1.807, 2.05) is 0 Å². The molecule has 4 aromatic rings. The Balaban J connectivity index is 1.26. The van der Waals surface area contributed by atoms with Crippen molar-refractivity contribution in [1.29, 1.82) is 0 Å². The molecule has 0 spiro atoms. The summed E-state index contributed by atoms with van der Waals surface area (Å²) in [4.78, 5) is 0. The van der Waals surface area contributed by atoms with Crippen LogP contribution in [0.15, 0.2) is 121 Å². The lowest BCUT2D eigenvalue weighted by atomic mass is 9.56.